The molecule has 2 N–H and O–H groups in total. The second-order valence-electron chi connectivity index (χ2n) is 17.7. The molecule has 0 bridgehead atoms. The van der Waals surface area contributed by atoms with Crippen molar-refractivity contribution in [1.29, 1.82) is 0 Å². The summed E-state index contributed by atoms with van der Waals surface area (Å²) in [5.41, 5.74) is 11.3. The van der Waals surface area contributed by atoms with Crippen LogP contribution in [0.5, 0.6) is 11.5 Å². The van der Waals surface area contributed by atoms with Gasteiger partial charge >= 0.3 is 5.97 Å². The van der Waals surface area contributed by atoms with Gasteiger partial charge in [-0.2, -0.15) is 4.89 Å². The van der Waals surface area contributed by atoms with Crippen LogP contribution in [-0.4, -0.2) is 17.8 Å². The lowest BCUT2D eigenvalue weighted by Crippen LogP contribution is -2.24. The number of hydrogen-bond acceptors (Lipinski definition) is 6. The minimum absolute atomic E-state index is 0.0437. The third-order valence-electron chi connectivity index (χ3n) is 12.9. The molecule has 2 aliphatic rings. The Morgan fingerprint density at radius 3 is 1.48 bits per heavy atom. The maximum Gasteiger partial charge on any atom is 0.343 e. The molecular formula is C59H60N2O6. The molecule has 8 nitrogen and oxygen atoms in total. The highest BCUT2D eigenvalue weighted by Crippen LogP contribution is 2.57. The smallest absolute Gasteiger partial charge is 0.343 e. The summed E-state index contributed by atoms with van der Waals surface area (Å²) in [4.78, 5) is 50.2. The van der Waals surface area contributed by atoms with Gasteiger partial charge in [-0.3, -0.25) is 9.59 Å². The fraction of sp³-hybridized carbons (Fsp3) is 0.271. The molecular weight excluding hydrogens is 833 g/mol. The zero-order valence-corrected chi connectivity index (χ0v) is 38.7. The Hall–Kier alpha value is -7.03. The lowest BCUT2D eigenvalue weighted by molar-refractivity contribution is -0.218. The van der Waals surface area contributed by atoms with Gasteiger partial charge in [0.25, 0.3) is 0 Å². The molecule has 1 atom stereocenters. The molecule has 0 aromatic heterocycles. The first-order valence-corrected chi connectivity index (χ1v) is 23.9. The third-order valence-corrected chi connectivity index (χ3v) is 12.9. The first-order valence-electron chi connectivity index (χ1n) is 23.9. The number of benzene rings is 6. The van der Waals surface area contributed by atoms with E-state index in [0.717, 1.165) is 115 Å². The summed E-state index contributed by atoms with van der Waals surface area (Å²) < 4.78 is 6.26. The van der Waals surface area contributed by atoms with Crippen LogP contribution in [0.15, 0.2) is 133 Å². The molecule has 2 amide bonds. The molecule has 0 heterocycles. The fourth-order valence-corrected chi connectivity index (χ4v) is 9.29. The maximum atomic E-state index is 13.7. The maximum absolute atomic E-state index is 13.7. The molecule has 0 saturated heterocycles. The monoisotopic (exact) mass is 892 g/mol. The van der Waals surface area contributed by atoms with Gasteiger partial charge < -0.3 is 20.3 Å². The van der Waals surface area contributed by atoms with Gasteiger partial charge in [0.2, 0.25) is 11.8 Å². The molecule has 8 heteroatoms. The van der Waals surface area contributed by atoms with Crippen LogP contribution in [0.4, 0.5) is 11.4 Å². The van der Waals surface area contributed by atoms with Gasteiger partial charge in [-0.1, -0.05) is 149 Å². The van der Waals surface area contributed by atoms with Crippen LogP contribution in [0.3, 0.4) is 0 Å². The molecule has 0 radical (unpaired) electrons. The van der Waals surface area contributed by atoms with E-state index in [2.05, 4.69) is 60.9 Å². The molecule has 8 rings (SSSR count). The van der Waals surface area contributed by atoms with Crippen molar-refractivity contribution in [2.24, 2.45) is 0 Å². The number of aryl methyl sites for hydroxylation is 2. The second kappa shape index (κ2) is 22.4. The quantitative estimate of drug-likeness (QED) is 0.0198. The van der Waals surface area contributed by atoms with Crippen LogP contribution in [0, 0.1) is 0 Å². The van der Waals surface area contributed by atoms with E-state index in [0.29, 0.717) is 29.9 Å². The van der Waals surface area contributed by atoms with Gasteiger partial charge in [-0.25, -0.2) is 4.79 Å². The number of hydrogen-bond donors (Lipinski definition) is 2. The zero-order valence-electron chi connectivity index (χ0n) is 38.7. The molecule has 0 saturated carbocycles. The van der Waals surface area contributed by atoms with Crippen molar-refractivity contribution in [2.45, 2.75) is 103 Å². The predicted molar refractivity (Wildman–Crippen MR) is 270 cm³/mol. The van der Waals surface area contributed by atoms with E-state index in [4.69, 9.17) is 14.5 Å². The average molecular weight is 893 g/mol. The summed E-state index contributed by atoms with van der Waals surface area (Å²) in [5, 5.41) is 5.95. The van der Waals surface area contributed by atoms with Crippen LogP contribution >= 0.6 is 0 Å². The van der Waals surface area contributed by atoms with Crippen LogP contribution in [0.1, 0.15) is 138 Å². The topological polar surface area (TPSA) is 103 Å². The third kappa shape index (κ3) is 11.9. The summed E-state index contributed by atoms with van der Waals surface area (Å²) in [6.45, 7) is 4.53. The number of carbonyl (C=O) groups is 3. The molecule has 6 aromatic carbocycles. The van der Waals surface area contributed by atoms with Crippen molar-refractivity contribution in [3.8, 4) is 11.5 Å². The van der Waals surface area contributed by atoms with E-state index in [1.165, 1.54) is 11.1 Å². The molecule has 67 heavy (non-hydrogen) atoms. The Morgan fingerprint density at radius 1 is 0.537 bits per heavy atom. The number of rotatable bonds is 20. The van der Waals surface area contributed by atoms with Crippen LogP contribution in [0.25, 0.3) is 24.3 Å². The van der Waals surface area contributed by atoms with Crippen molar-refractivity contribution in [3.05, 3.63) is 189 Å². The highest BCUT2D eigenvalue weighted by molar-refractivity contribution is 5.93. The first kappa shape index (κ1) is 46.5. The van der Waals surface area contributed by atoms with Crippen molar-refractivity contribution >= 4 is 53.5 Å². The number of ether oxygens (including phenoxy) is 1. The van der Waals surface area contributed by atoms with Crippen molar-refractivity contribution in [3.63, 3.8) is 0 Å². The highest BCUT2D eigenvalue weighted by Gasteiger charge is 2.49. The molecule has 0 aliphatic heterocycles. The van der Waals surface area contributed by atoms with E-state index in [-0.39, 0.29) is 23.8 Å². The Labute approximate surface area is 395 Å². The number of esters is 1. The lowest BCUT2D eigenvalue weighted by atomic mass is 9.76. The van der Waals surface area contributed by atoms with E-state index >= 15 is 0 Å². The van der Waals surface area contributed by atoms with Gasteiger partial charge in [0.05, 0.1) is 5.56 Å². The van der Waals surface area contributed by atoms with E-state index in [1.54, 1.807) is 12.1 Å². The van der Waals surface area contributed by atoms with Gasteiger partial charge in [0, 0.05) is 40.8 Å². The largest absolute Gasteiger partial charge is 0.423 e. The molecule has 342 valence electrons. The second-order valence-corrected chi connectivity index (χ2v) is 17.7. The summed E-state index contributed by atoms with van der Waals surface area (Å²) in [7, 11) is 0. The van der Waals surface area contributed by atoms with Gasteiger partial charge in [-0.05, 0) is 126 Å². The molecule has 6 aromatic rings. The molecule has 2 aliphatic carbocycles. The van der Waals surface area contributed by atoms with Gasteiger partial charge in [-0.15, -0.1) is 0 Å². The van der Waals surface area contributed by atoms with Crippen molar-refractivity contribution in [1.82, 2.24) is 0 Å². The first-order chi connectivity index (χ1) is 32.8. The molecule has 0 fully saturated rings. The highest BCUT2D eigenvalue weighted by atomic mass is 17.2. The van der Waals surface area contributed by atoms with Crippen LogP contribution < -0.4 is 20.3 Å². The lowest BCUT2D eigenvalue weighted by Gasteiger charge is -2.29. The normalized spacial score (nSPS) is 14.9. The number of fused-ring (bicyclic) bond motifs is 4. The Balaban J connectivity index is 0.869. The van der Waals surface area contributed by atoms with Crippen LogP contribution in [-0.2, 0) is 39.3 Å². The number of amides is 2. The van der Waals surface area contributed by atoms with E-state index in [9.17, 15) is 14.4 Å². The summed E-state index contributed by atoms with van der Waals surface area (Å²) in [6.07, 6.45) is 18.9. The Morgan fingerprint density at radius 2 is 0.985 bits per heavy atom. The summed E-state index contributed by atoms with van der Waals surface area (Å²) >= 11 is 0. The Kier molecular flexibility index (Phi) is 15.6. The minimum atomic E-state index is -0.403. The fourth-order valence-electron chi connectivity index (χ4n) is 9.29. The Bertz CT molecular complexity index is 2700. The standard InChI is InChI=1S/C59H60N2O6/c1-3-5-7-15-54(62)60-50-33-27-44(28-34-50)19-17-42-21-23-46(24-22-42)41-65-67-53-14-10-12-48-38-40-59(57(48)53)39-37-47-11-9-13-52(56(47)59)66-58(64)49-31-25-43(26-32-49)18-20-45-29-35-51(36-30-45)61-55(63)16-8-6-4-2/h9-14,17-36H,3-8,15-16,37-41H2,1-2H3,(H,60,62)(H,61,63). The number of unbranched alkanes of at least 4 members (excludes halogenated alkanes) is 4. The number of anilines is 2. The van der Waals surface area contributed by atoms with Crippen molar-refractivity contribution in [2.75, 3.05) is 10.6 Å². The predicted octanol–water partition coefficient (Wildman–Crippen LogP) is 14.0. The van der Waals surface area contributed by atoms with Crippen molar-refractivity contribution < 1.29 is 28.9 Å². The zero-order chi connectivity index (χ0) is 46.4. The SMILES string of the molecule is CCCCCC(=O)Nc1ccc(C=Cc2ccc(COOc3cccc4c3C3(CC4)CCc4cccc(OC(=O)c5ccc(C=Cc6ccc(NC(=O)CCCCC)cc6)cc5)c43)cc2)cc1. The summed E-state index contributed by atoms with van der Waals surface area (Å²) in [5.74, 6) is 0.973. The number of nitrogens with one attached hydrogen (secondary N) is 2. The average Bonchev–Trinajstić information content (AvgIpc) is 3.93. The van der Waals surface area contributed by atoms with Gasteiger partial charge in [0.1, 0.15) is 12.4 Å². The minimum Gasteiger partial charge on any atom is -0.423 e. The van der Waals surface area contributed by atoms with Crippen LogP contribution in [0.2, 0.25) is 0 Å². The van der Waals surface area contributed by atoms with E-state index in [1.807, 2.05) is 109 Å². The summed E-state index contributed by atoms with van der Waals surface area (Å²) in [6, 6.07) is 43.5. The number of carbonyl (C=O) groups excluding carboxylic acids is 3. The molecule has 1 unspecified atom stereocenters. The molecule has 1 spiro atoms. The van der Waals surface area contributed by atoms with E-state index < -0.39 is 5.97 Å². The van der Waals surface area contributed by atoms with Gasteiger partial charge in [0.15, 0.2) is 5.75 Å².